The lowest BCUT2D eigenvalue weighted by molar-refractivity contribution is -0.235. The second-order valence-corrected chi connectivity index (χ2v) is 9.82. The molecule has 0 aromatic carbocycles. The van der Waals surface area contributed by atoms with Gasteiger partial charge in [-0.1, -0.05) is 5.92 Å². The number of phosphoric ester groups is 1. The zero-order valence-corrected chi connectivity index (χ0v) is 15.1. The molecule has 0 bridgehead atoms. The highest BCUT2D eigenvalue weighted by atomic mass is 31.3. The molecule has 0 spiro atoms. The molecule has 0 aliphatic carbocycles. The lowest BCUT2D eigenvalue weighted by Gasteiger charge is -2.36. The highest BCUT2D eigenvalue weighted by Gasteiger charge is 2.33. The topological polar surface area (TPSA) is 192 Å². The number of aliphatic hydroxyl groups is 1. The minimum atomic E-state index is -5.58. The van der Waals surface area contributed by atoms with Crippen LogP contribution in [0.25, 0.3) is 0 Å². The standard InChI is InChI=1S/C9H19N2O10P3/c1-3-4-10-22(13,14)11-23(15,16)21-24(17,18)19-6-9-8(12)5-7(2)20-9/h1,7-9,12H,4-6H2,2H3,(H,17,18)(H4,10,11,13,14,15,16)/p-3/t7-,8+,9+/m0/s1. The van der Waals surface area contributed by atoms with Crippen molar-refractivity contribution < 1.29 is 47.1 Å². The van der Waals surface area contributed by atoms with Gasteiger partial charge in [-0.25, -0.2) is 4.86 Å². The molecule has 0 saturated carbocycles. The van der Waals surface area contributed by atoms with E-state index in [-0.39, 0.29) is 12.5 Å². The van der Waals surface area contributed by atoms with Gasteiger partial charge in [0.15, 0.2) is 7.67 Å². The normalized spacial score (nSPS) is 31.6. The molecule has 0 aromatic rings. The van der Waals surface area contributed by atoms with Crippen molar-refractivity contribution in [1.82, 2.24) is 9.95 Å². The summed E-state index contributed by atoms with van der Waals surface area (Å²) in [6.45, 7) is 0.423. The molecule has 1 saturated heterocycles. The van der Waals surface area contributed by atoms with Crippen molar-refractivity contribution >= 4 is 23.2 Å². The molecular formula is C9H16N2O10P3-3. The van der Waals surface area contributed by atoms with Gasteiger partial charge in [0.05, 0.1) is 25.4 Å². The van der Waals surface area contributed by atoms with Gasteiger partial charge in [0.1, 0.15) is 6.10 Å². The van der Waals surface area contributed by atoms with E-state index in [9.17, 15) is 33.5 Å². The molecule has 1 aliphatic heterocycles. The van der Waals surface area contributed by atoms with Crippen molar-refractivity contribution in [1.29, 1.82) is 0 Å². The fourth-order valence-electron chi connectivity index (χ4n) is 1.77. The number of nitrogens with one attached hydrogen (secondary N) is 2. The van der Waals surface area contributed by atoms with Crippen LogP contribution in [0, 0.1) is 12.3 Å². The fraction of sp³-hybridized carbons (Fsp3) is 0.778. The van der Waals surface area contributed by atoms with Crippen molar-refractivity contribution in [3.8, 4) is 12.3 Å². The lowest BCUT2D eigenvalue weighted by Crippen LogP contribution is -2.33. The minimum Gasteiger partial charge on any atom is -0.776 e. The van der Waals surface area contributed by atoms with Crippen molar-refractivity contribution in [2.45, 2.75) is 31.7 Å². The number of hydrogen-bond donors (Lipinski definition) is 3. The van der Waals surface area contributed by atoms with E-state index >= 15 is 0 Å². The SMILES string of the molecule is C#CCNP(=O)([O-])NP(=O)([O-])OP(=O)([O-])OC[C@H]1O[C@@H](C)C[C@H]1O. The highest BCUT2D eigenvalue weighted by Crippen LogP contribution is 2.56. The second kappa shape index (κ2) is 8.52. The molecule has 1 fully saturated rings. The van der Waals surface area contributed by atoms with Gasteiger partial charge in [-0.15, -0.1) is 6.42 Å². The number of rotatable bonds is 9. The molecule has 1 aliphatic rings. The summed E-state index contributed by atoms with van der Waals surface area (Å²) in [6, 6.07) is 0. The summed E-state index contributed by atoms with van der Waals surface area (Å²) in [6.07, 6.45) is 2.73. The summed E-state index contributed by atoms with van der Waals surface area (Å²) in [5.41, 5.74) is 0. The predicted octanol–water partition coefficient (Wildman–Crippen LogP) is -2.22. The van der Waals surface area contributed by atoms with Gasteiger partial charge in [-0.2, -0.15) is 0 Å². The number of aliphatic hydroxyl groups excluding tert-OH is 1. The van der Waals surface area contributed by atoms with Gasteiger partial charge in [0.2, 0.25) is 7.75 Å². The maximum Gasteiger partial charge on any atom is 0.273 e. The van der Waals surface area contributed by atoms with Crippen LogP contribution in [-0.2, 0) is 27.3 Å². The Morgan fingerprint density at radius 1 is 1.38 bits per heavy atom. The van der Waals surface area contributed by atoms with E-state index in [4.69, 9.17) is 11.2 Å². The van der Waals surface area contributed by atoms with Crippen LogP contribution in [0.15, 0.2) is 0 Å². The third kappa shape index (κ3) is 7.85. The average Bonchev–Trinajstić information content (AvgIpc) is 2.70. The zero-order chi connectivity index (χ0) is 18.6. The summed E-state index contributed by atoms with van der Waals surface area (Å²) in [7, 11) is -16.0. The van der Waals surface area contributed by atoms with Crippen LogP contribution >= 0.6 is 23.2 Å². The number of hydrogen-bond acceptors (Lipinski definition) is 10. The van der Waals surface area contributed by atoms with E-state index in [1.807, 2.05) is 5.92 Å². The van der Waals surface area contributed by atoms with Crippen LogP contribution in [0.3, 0.4) is 0 Å². The quantitative estimate of drug-likeness (QED) is 0.277. The molecule has 0 amide bonds. The summed E-state index contributed by atoms with van der Waals surface area (Å²) < 4.78 is 47.4. The fourth-order valence-corrected chi connectivity index (χ4v) is 5.69. The third-order valence-electron chi connectivity index (χ3n) is 2.66. The van der Waals surface area contributed by atoms with Gasteiger partial charge in [-0.05, 0) is 6.92 Å². The number of ether oxygens (including phenoxy) is 1. The summed E-state index contributed by atoms with van der Waals surface area (Å²) in [5, 5.41) is 11.2. The number of phosphoric acid groups is 1. The monoisotopic (exact) mass is 405 g/mol. The largest absolute Gasteiger partial charge is 0.776 e. The molecule has 3 unspecified atom stereocenters. The van der Waals surface area contributed by atoms with E-state index in [1.165, 1.54) is 0 Å². The van der Waals surface area contributed by atoms with Crippen LogP contribution in [0.1, 0.15) is 13.3 Å². The Morgan fingerprint density at radius 3 is 2.50 bits per heavy atom. The first-order valence-corrected chi connectivity index (χ1v) is 11.1. The molecule has 3 N–H and O–H groups in total. The van der Waals surface area contributed by atoms with Gasteiger partial charge in [0, 0.05) is 6.42 Å². The molecule has 140 valence electrons. The van der Waals surface area contributed by atoms with Gasteiger partial charge < -0.3 is 33.6 Å². The molecule has 12 nitrogen and oxygen atoms in total. The highest BCUT2D eigenvalue weighted by molar-refractivity contribution is 7.70. The minimum absolute atomic E-state index is 0.250. The van der Waals surface area contributed by atoms with Gasteiger partial charge >= 0.3 is 0 Å². The van der Waals surface area contributed by atoms with Crippen LogP contribution in [0.5, 0.6) is 0 Å². The third-order valence-corrected chi connectivity index (χ3v) is 7.39. The van der Waals surface area contributed by atoms with Crippen molar-refractivity contribution in [3.63, 3.8) is 0 Å². The number of terminal acetylenes is 1. The predicted molar refractivity (Wildman–Crippen MR) is 74.8 cm³/mol. The van der Waals surface area contributed by atoms with Crippen LogP contribution in [0.4, 0.5) is 0 Å². The van der Waals surface area contributed by atoms with E-state index in [1.54, 1.807) is 12.0 Å². The van der Waals surface area contributed by atoms with Gasteiger partial charge in [0.25, 0.3) is 7.82 Å². The molecule has 1 rings (SSSR count). The molecule has 1 heterocycles. The first-order chi connectivity index (χ1) is 10.9. The Kier molecular flexibility index (Phi) is 7.78. The maximum absolute atomic E-state index is 11.5. The molecule has 0 radical (unpaired) electrons. The molecule has 15 heteroatoms. The van der Waals surface area contributed by atoms with E-state index < -0.39 is 48.6 Å². The Labute approximate surface area is 138 Å². The summed E-state index contributed by atoms with van der Waals surface area (Å²) in [4.78, 5) is 35.2. The molecule has 24 heavy (non-hydrogen) atoms. The zero-order valence-electron chi connectivity index (χ0n) is 12.4. The Balaban J connectivity index is 2.58. The Morgan fingerprint density at radius 2 is 2.00 bits per heavy atom. The van der Waals surface area contributed by atoms with Crippen LogP contribution in [-0.4, -0.2) is 36.6 Å². The van der Waals surface area contributed by atoms with Crippen molar-refractivity contribution in [2.24, 2.45) is 0 Å². The molecule has 0 aromatic heterocycles. The molecule has 6 atom stereocenters. The first kappa shape index (κ1) is 21.9. The van der Waals surface area contributed by atoms with E-state index in [2.05, 4.69) is 8.83 Å². The average molecular weight is 405 g/mol. The Bertz CT molecular complexity index is 621. The first-order valence-electron chi connectivity index (χ1n) is 6.46. The smallest absolute Gasteiger partial charge is 0.273 e. The Hall–Kier alpha value is -0.110. The van der Waals surface area contributed by atoms with E-state index in [0.29, 0.717) is 0 Å². The maximum atomic E-state index is 11.5. The van der Waals surface area contributed by atoms with Crippen molar-refractivity contribution in [3.05, 3.63) is 0 Å². The van der Waals surface area contributed by atoms with Gasteiger partial charge in [-0.3, -0.25) is 18.5 Å². The second-order valence-electron chi connectivity index (χ2n) is 4.80. The van der Waals surface area contributed by atoms with Crippen LogP contribution in [0.2, 0.25) is 0 Å². The lowest BCUT2D eigenvalue weighted by atomic mass is 10.1. The van der Waals surface area contributed by atoms with Crippen LogP contribution < -0.4 is 24.6 Å². The molecular weight excluding hydrogens is 389 g/mol. The van der Waals surface area contributed by atoms with Crippen molar-refractivity contribution in [2.75, 3.05) is 13.2 Å². The summed E-state index contributed by atoms with van der Waals surface area (Å²) >= 11 is 0. The summed E-state index contributed by atoms with van der Waals surface area (Å²) in [5.74, 6) is 1.88. The van der Waals surface area contributed by atoms with E-state index in [0.717, 1.165) is 4.86 Å².